The van der Waals surface area contributed by atoms with E-state index in [0.717, 1.165) is 16.8 Å². The molecule has 1 amide bonds. The van der Waals surface area contributed by atoms with Crippen LogP contribution in [-0.2, 0) is 6.54 Å². The van der Waals surface area contributed by atoms with Gasteiger partial charge in [-0.2, -0.15) is 0 Å². The van der Waals surface area contributed by atoms with Crippen molar-refractivity contribution < 1.29 is 19.0 Å². The number of rotatable bonds is 6. The standard InChI is InChI=1S/C24H24N2O4/c1-28-20-14-22(30-3)21(29-2)13-18(20)23-25-19-12-8-7-11-17(19)24(27)26(23)15-16-9-5-4-6-10-16/h4-14,23,25H,15H2,1-3H3/t23-/m0/s1. The third-order valence-electron chi connectivity index (χ3n) is 5.25. The SMILES string of the molecule is COc1cc(OC)c([C@H]2Nc3ccccc3C(=O)N2Cc2ccccc2)cc1OC. The van der Waals surface area contributed by atoms with Gasteiger partial charge in [0.2, 0.25) is 0 Å². The molecule has 0 bridgehead atoms. The molecule has 6 heteroatoms. The molecule has 1 aliphatic heterocycles. The number of nitrogens with zero attached hydrogens (tertiary/aromatic N) is 1. The average molecular weight is 404 g/mol. The summed E-state index contributed by atoms with van der Waals surface area (Å²) < 4.78 is 16.6. The monoisotopic (exact) mass is 404 g/mol. The van der Waals surface area contributed by atoms with Crippen molar-refractivity contribution in [1.29, 1.82) is 0 Å². The van der Waals surface area contributed by atoms with E-state index in [4.69, 9.17) is 14.2 Å². The van der Waals surface area contributed by atoms with Crippen molar-refractivity contribution in [3.05, 3.63) is 83.4 Å². The second-order valence-electron chi connectivity index (χ2n) is 6.96. The molecular formula is C24H24N2O4. The predicted octanol–water partition coefficient (Wildman–Crippen LogP) is 4.48. The highest BCUT2D eigenvalue weighted by Gasteiger charge is 2.35. The van der Waals surface area contributed by atoms with Gasteiger partial charge >= 0.3 is 0 Å². The fraction of sp³-hybridized carbons (Fsp3) is 0.208. The van der Waals surface area contributed by atoms with Crippen LogP contribution in [0.5, 0.6) is 17.2 Å². The molecule has 1 N–H and O–H groups in total. The summed E-state index contributed by atoms with van der Waals surface area (Å²) in [5, 5.41) is 3.51. The third kappa shape index (κ3) is 3.52. The molecule has 0 unspecified atom stereocenters. The van der Waals surface area contributed by atoms with Crippen LogP contribution >= 0.6 is 0 Å². The van der Waals surface area contributed by atoms with E-state index in [2.05, 4.69) is 5.32 Å². The second-order valence-corrected chi connectivity index (χ2v) is 6.96. The van der Waals surface area contributed by atoms with Crippen LogP contribution in [0.2, 0.25) is 0 Å². The van der Waals surface area contributed by atoms with Crippen LogP contribution in [0.1, 0.15) is 27.7 Å². The predicted molar refractivity (Wildman–Crippen MR) is 115 cm³/mol. The van der Waals surface area contributed by atoms with E-state index < -0.39 is 6.17 Å². The Bertz CT molecular complexity index is 1050. The Balaban J connectivity index is 1.84. The molecule has 0 aliphatic carbocycles. The summed E-state index contributed by atoms with van der Waals surface area (Å²) in [6.45, 7) is 0.448. The summed E-state index contributed by atoms with van der Waals surface area (Å²) in [4.78, 5) is 15.3. The van der Waals surface area contributed by atoms with Crippen LogP contribution < -0.4 is 19.5 Å². The highest BCUT2D eigenvalue weighted by molar-refractivity contribution is 6.01. The van der Waals surface area contributed by atoms with E-state index in [0.29, 0.717) is 29.4 Å². The maximum absolute atomic E-state index is 13.5. The second kappa shape index (κ2) is 8.37. The minimum absolute atomic E-state index is 0.0463. The molecule has 0 radical (unpaired) electrons. The lowest BCUT2D eigenvalue weighted by Gasteiger charge is -2.39. The first-order valence-corrected chi connectivity index (χ1v) is 9.66. The smallest absolute Gasteiger partial charge is 0.258 e. The zero-order valence-corrected chi connectivity index (χ0v) is 17.2. The summed E-state index contributed by atoms with van der Waals surface area (Å²) in [7, 11) is 4.77. The molecule has 0 spiro atoms. The van der Waals surface area contributed by atoms with E-state index in [-0.39, 0.29) is 5.91 Å². The van der Waals surface area contributed by atoms with Crippen LogP contribution in [0.3, 0.4) is 0 Å². The first-order chi connectivity index (χ1) is 14.7. The topological polar surface area (TPSA) is 60.0 Å². The number of amides is 1. The Labute approximate surface area is 176 Å². The van der Waals surface area contributed by atoms with Crippen LogP contribution in [0.4, 0.5) is 5.69 Å². The van der Waals surface area contributed by atoms with Gasteiger partial charge in [0.15, 0.2) is 11.5 Å². The number of hydrogen-bond acceptors (Lipinski definition) is 5. The van der Waals surface area contributed by atoms with Crippen LogP contribution in [0.25, 0.3) is 0 Å². The fourth-order valence-corrected chi connectivity index (χ4v) is 3.75. The van der Waals surface area contributed by atoms with Crippen molar-refractivity contribution in [3.8, 4) is 17.2 Å². The van der Waals surface area contributed by atoms with Crippen LogP contribution in [-0.4, -0.2) is 32.1 Å². The Morgan fingerprint density at radius 1 is 0.833 bits per heavy atom. The molecule has 1 aliphatic rings. The van der Waals surface area contributed by atoms with Gasteiger partial charge < -0.3 is 24.4 Å². The minimum Gasteiger partial charge on any atom is -0.496 e. The maximum atomic E-state index is 13.5. The van der Waals surface area contributed by atoms with E-state index >= 15 is 0 Å². The Kier molecular flexibility index (Phi) is 5.48. The molecule has 154 valence electrons. The van der Waals surface area contributed by atoms with E-state index in [1.165, 1.54) is 0 Å². The van der Waals surface area contributed by atoms with Gasteiger partial charge in [-0.1, -0.05) is 42.5 Å². The summed E-state index contributed by atoms with van der Waals surface area (Å²) in [6, 6.07) is 21.1. The van der Waals surface area contributed by atoms with Crippen molar-refractivity contribution in [2.75, 3.05) is 26.6 Å². The lowest BCUT2D eigenvalue weighted by molar-refractivity contribution is 0.0664. The van der Waals surface area contributed by atoms with Crippen molar-refractivity contribution in [2.45, 2.75) is 12.7 Å². The molecule has 3 aromatic carbocycles. The van der Waals surface area contributed by atoms with Crippen LogP contribution in [0.15, 0.2) is 66.7 Å². The molecule has 0 saturated heterocycles. The molecule has 6 nitrogen and oxygen atoms in total. The first-order valence-electron chi connectivity index (χ1n) is 9.66. The molecule has 0 saturated carbocycles. The quantitative estimate of drug-likeness (QED) is 0.656. The number of hydrogen-bond donors (Lipinski definition) is 1. The Morgan fingerprint density at radius 2 is 1.47 bits per heavy atom. The number of para-hydroxylation sites is 1. The van der Waals surface area contributed by atoms with E-state index in [9.17, 15) is 4.79 Å². The minimum atomic E-state index is -0.442. The van der Waals surface area contributed by atoms with E-state index in [1.54, 1.807) is 32.3 Å². The van der Waals surface area contributed by atoms with Gasteiger partial charge in [-0.15, -0.1) is 0 Å². The zero-order chi connectivity index (χ0) is 21.1. The highest BCUT2D eigenvalue weighted by Crippen LogP contribution is 2.42. The lowest BCUT2D eigenvalue weighted by atomic mass is 10.0. The number of methoxy groups -OCH3 is 3. The van der Waals surface area contributed by atoms with Crippen molar-refractivity contribution in [1.82, 2.24) is 4.90 Å². The number of carbonyl (C=O) groups is 1. The molecule has 0 aromatic heterocycles. The summed E-state index contributed by atoms with van der Waals surface area (Å²) in [5.41, 5.74) is 3.25. The number of carbonyl (C=O) groups excluding carboxylic acids is 1. The molecule has 0 fully saturated rings. The first kappa shape index (κ1) is 19.6. The fourth-order valence-electron chi connectivity index (χ4n) is 3.75. The van der Waals surface area contributed by atoms with E-state index in [1.807, 2.05) is 60.7 Å². The summed E-state index contributed by atoms with van der Waals surface area (Å²) in [5.74, 6) is 1.70. The molecule has 3 aromatic rings. The highest BCUT2D eigenvalue weighted by atomic mass is 16.5. The zero-order valence-electron chi connectivity index (χ0n) is 17.2. The summed E-state index contributed by atoms with van der Waals surface area (Å²) in [6.07, 6.45) is -0.442. The number of ether oxygens (including phenoxy) is 3. The Morgan fingerprint density at radius 3 is 2.17 bits per heavy atom. The van der Waals surface area contributed by atoms with Gasteiger partial charge in [-0.3, -0.25) is 4.79 Å². The molecule has 30 heavy (non-hydrogen) atoms. The number of nitrogens with one attached hydrogen (secondary N) is 1. The molecule has 1 heterocycles. The van der Waals surface area contributed by atoms with Gasteiger partial charge in [-0.25, -0.2) is 0 Å². The Hall–Kier alpha value is -3.67. The lowest BCUT2D eigenvalue weighted by Crippen LogP contribution is -2.42. The van der Waals surface area contributed by atoms with Crippen molar-refractivity contribution in [3.63, 3.8) is 0 Å². The van der Waals surface area contributed by atoms with Gasteiger partial charge in [0.05, 0.1) is 26.9 Å². The molecule has 1 atom stereocenters. The van der Waals surface area contributed by atoms with Gasteiger partial charge in [0, 0.05) is 23.9 Å². The molecular weight excluding hydrogens is 380 g/mol. The number of benzene rings is 3. The van der Waals surface area contributed by atoms with Crippen molar-refractivity contribution in [2.24, 2.45) is 0 Å². The van der Waals surface area contributed by atoms with Gasteiger partial charge in [-0.05, 0) is 23.8 Å². The van der Waals surface area contributed by atoms with Crippen molar-refractivity contribution >= 4 is 11.6 Å². The maximum Gasteiger partial charge on any atom is 0.258 e. The van der Waals surface area contributed by atoms with Gasteiger partial charge in [0.1, 0.15) is 11.9 Å². The van der Waals surface area contributed by atoms with Gasteiger partial charge in [0.25, 0.3) is 5.91 Å². The normalized spacial score (nSPS) is 15.2. The molecule has 4 rings (SSSR count). The summed E-state index contributed by atoms with van der Waals surface area (Å²) >= 11 is 0. The average Bonchev–Trinajstić information content (AvgIpc) is 2.80. The number of anilines is 1. The largest absolute Gasteiger partial charge is 0.496 e. The number of fused-ring (bicyclic) bond motifs is 1. The van der Waals surface area contributed by atoms with Crippen LogP contribution in [0, 0.1) is 0 Å². The third-order valence-corrected chi connectivity index (χ3v) is 5.25.